The zero-order valence-corrected chi connectivity index (χ0v) is 11.0. The molecule has 1 aromatic carbocycles. The number of hydrogen-bond donors (Lipinski definition) is 1. The second-order valence-corrected chi connectivity index (χ2v) is 4.09. The SMILES string of the molecule is CC(C)c1cccc(C(C)C)c1O.[H-].[H-].[H-].[Mg+2]. The van der Waals surface area contributed by atoms with Crippen molar-refractivity contribution in [1.29, 1.82) is 0 Å². The normalized spacial score (nSPS) is 10.4. The summed E-state index contributed by atoms with van der Waals surface area (Å²) in [5, 5.41) is 9.93. The van der Waals surface area contributed by atoms with Gasteiger partial charge in [0.25, 0.3) is 0 Å². The van der Waals surface area contributed by atoms with Crippen LogP contribution in [0.4, 0.5) is 0 Å². The maximum atomic E-state index is 9.93. The fourth-order valence-corrected chi connectivity index (χ4v) is 1.51. The van der Waals surface area contributed by atoms with E-state index in [-0.39, 0.29) is 27.3 Å². The van der Waals surface area contributed by atoms with E-state index in [4.69, 9.17) is 0 Å². The second-order valence-electron chi connectivity index (χ2n) is 4.09. The zero-order chi connectivity index (χ0) is 10.0. The molecule has 0 fully saturated rings. The number of phenols is 1. The van der Waals surface area contributed by atoms with E-state index in [2.05, 4.69) is 27.7 Å². The molecular weight excluding hydrogens is 184 g/mol. The predicted molar refractivity (Wildman–Crippen MR) is 65.4 cm³/mol. The number of rotatable bonds is 2. The van der Waals surface area contributed by atoms with Gasteiger partial charge >= 0.3 is 23.1 Å². The topological polar surface area (TPSA) is 20.2 Å². The minimum absolute atomic E-state index is 0. The standard InChI is InChI=1S/C12H18O.Mg.3H/c1-8(2)10-6-5-7-11(9(3)4)12(10)13;;;;/h5-9,13H,1-4H3;;;;/q;+2;3*-1. The largest absolute Gasteiger partial charge is 2.00 e. The van der Waals surface area contributed by atoms with Crippen LogP contribution in [0.2, 0.25) is 0 Å². The summed E-state index contributed by atoms with van der Waals surface area (Å²) in [6.07, 6.45) is 0. The van der Waals surface area contributed by atoms with Crippen molar-refractivity contribution in [2.45, 2.75) is 39.5 Å². The molecule has 1 N–H and O–H groups in total. The minimum Gasteiger partial charge on any atom is -1.00 e. The Kier molecular flexibility index (Phi) is 5.53. The Morgan fingerprint density at radius 2 is 1.36 bits per heavy atom. The van der Waals surface area contributed by atoms with Crippen LogP contribution in [0.1, 0.15) is 54.9 Å². The predicted octanol–water partition coefficient (Wildman–Crippen LogP) is 3.60. The summed E-state index contributed by atoms with van der Waals surface area (Å²) in [5.74, 6) is 1.25. The Hall–Kier alpha value is -0.214. The van der Waals surface area contributed by atoms with Gasteiger partial charge in [-0.15, -0.1) is 0 Å². The Morgan fingerprint density at radius 3 is 1.64 bits per heavy atom. The van der Waals surface area contributed by atoms with Gasteiger partial charge in [0.2, 0.25) is 0 Å². The van der Waals surface area contributed by atoms with Gasteiger partial charge in [-0.3, -0.25) is 0 Å². The fraction of sp³-hybridized carbons (Fsp3) is 0.500. The molecule has 2 heteroatoms. The maximum absolute atomic E-state index is 9.93. The van der Waals surface area contributed by atoms with Crippen LogP contribution >= 0.6 is 0 Å². The minimum atomic E-state index is 0. The van der Waals surface area contributed by atoms with Crippen molar-refractivity contribution < 1.29 is 9.39 Å². The first kappa shape index (κ1) is 13.8. The maximum Gasteiger partial charge on any atom is 2.00 e. The van der Waals surface area contributed by atoms with Crippen molar-refractivity contribution in [2.24, 2.45) is 0 Å². The third-order valence-electron chi connectivity index (χ3n) is 2.34. The Balaban J connectivity index is -0.000000211. The van der Waals surface area contributed by atoms with Crippen molar-refractivity contribution in [1.82, 2.24) is 0 Å². The number of hydrogen-bond acceptors (Lipinski definition) is 1. The average Bonchev–Trinajstić information content (AvgIpc) is 2.03. The molecule has 0 amide bonds. The number of aromatic hydroxyl groups is 1. The van der Waals surface area contributed by atoms with Crippen LogP contribution in [0.5, 0.6) is 5.75 Å². The van der Waals surface area contributed by atoms with Crippen molar-refractivity contribution in [3.05, 3.63) is 29.3 Å². The van der Waals surface area contributed by atoms with Crippen LogP contribution in [0, 0.1) is 0 Å². The quantitative estimate of drug-likeness (QED) is 0.732. The van der Waals surface area contributed by atoms with Gasteiger partial charge in [-0.1, -0.05) is 45.9 Å². The van der Waals surface area contributed by atoms with Crippen LogP contribution in [0.15, 0.2) is 18.2 Å². The van der Waals surface area contributed by atoms with Crippen LogP contribution in [-0.2, 0) is 0 Å². The fourth-order valence-electron chi connectivity index (χ4n) is 1.51. The summed E-state index contributed by atoms with van der Waals surface area (Å²) < 4.78 is 0. The monoisotopic (exact) mass is 205 g/mol. The van der Waals surface area contributed by atoms with Gasteiger partial charge in [-0.2, -0.15) is 0 Å². The van der Waals surface area contributed by atoms with Crippen LogP contribution in [0.3, 0.4) is 0 Å². The van der Waals surface area contributed by atoms with Gasteiger partial charge in [0, 0.05) is 0 Å². The van der Waals surface area contributed by atoms with E-state index in [1.807, 2.05) is 18.2 Å². The molecule has 78 valence electrons. The van der Waals surface area contributed by atoms with Gasteiger partial charge in [0.15, 0.2) is 0 Å². The Morgan fingerprint density at radius 1 is 1.00 bits per heavy atom. The molecule has 0 unspecified atom stereocenters. The second kappa shape index (κ2) is 5.61. The summed E-state index contributed by atoms with van der Waals surface area (Å²) in [6.45, 7) is 8.39. The smallest absolute Gasteiger partial charge is 1.00 e. The third-order valence-corrected chi connectivity index (χ3v) is 2.34. The van der Waals surface area contributed by atoms with E-state index in [0.717, 1.165) is 11.1 Å². The van der Waals surface area contributed by atoms with Crippen LogP contribution in [-0.4, -0.2) is 28.2 Å². The van der Waals surface area contributed by atoms with E-state index in [0.29, 0.717) is 17.6 Å². The molecule has 1 rings (SSSR count). The van der Waals surface area contributed by atoms with Gasteiger partial charge in [-0.05, 0) is 23.0 Å². The van der Waals surface area contributed by atoms with Gasteiger partial charge < -0.3 is 9.39 Å². The number of phenolic OH excluding ortho intramolecular Hbond substituents is 1. The van der Waals surface area contributed by atoms with E-state index in [1.165, 1.54) is 0 Å². The molecule has 0 aliphatic heterocycles. The van der Waals surface area contributed by atoms with E-state index < -0.39 is 0 Å². The van der Waals surface area contributed by atoms with Crippen LogP contribution in [0.25, 0.3) is 0 Å². The third kappa shape index (κ3) is 2.89. The van der Waals surface area contributed by atoms with Gasteiger partial charge in [0.1, 0.15) is 5.75 Å². The van der Waals surface area contributed by atoms with E-state index in [1.54, 1.807) is 0 Å². The number of para-hydroxylation sites is 1. The molecule has 1 nitrogen and oxygen atoms in total. The molecule has 14 heavy (non-hydrogen) atoms. The van der Waals surface area contributed by atoms with Crippen LogP contribution < -0.4 is 0 Å². The summed E-state index contributed by atoms with van der Waals surface area (Å²) in [5.41, 5.74) is 2.09. The molecule has 0 aliphatic carbocycles. The molecule has 0 bridgehead atoms. The first-order chi connectivity index (χ1) is 6.04. The van der Waals surface area contributed by atoms with Crippen molar-refractivity contribution in [3.8, 4) is 5.75 Å². The first-order valence-corrected chi connectivity index (χ1v) is 4.85. The van der Waals surface area contributed by atoms with Gasteiger partial charge in [0.05, 0.1) is 0 Å². The molecule has 0 atom stereocenters. The Labute approximate surface area is 107 Å². The molecule has 0 aromatic heterocycles. The zero-order valence-electron chi connectivity index (χ0n) is 12.5. The molecule has 0 aliphatic rings. The summed E-state index contributed by atoms with van der Waals surface area (Å²) in [4.78, 5) is 0. The molecule has 0 radical (unpaired) electrons. The molecule has 0 saturated carbocycles. The molecule has 0 heterocycles. The number of benzene rings is 1. The molecular formula is C12H21MgO-. The Bertz CT molecular complexity index is 278. The molecule has 1 aromatic rings. The molecule has 0 spiro atoms. The van der Waals surface area contributed by atoms with Crippen molar-refractivity contribution in [3.63, 3.8) is 0 Å². The van der Waals surface area contributed by atoms with E-state index >= 15 is 0 Å². The summed E-state index contributed by atoms with van der Waals surface area (Å²) >= 11 is 0. The molecule has 0 saturated heterocycles. The summed E-state index contributed by atoms with van der Waals surface area (Å²) in [6, 6.07) is 6.00. The van der Waals surface area contributed by atoms with Gasteiger partial charge in [-0.25, -0.2) is 0 Å². The van der Waals surface area contributed by atoms with E-state index in [9.17, 15) is 5.11 Å². The average molecular weight is 206 g/mol. The summed E-state index contributed by atoms with van der Waals surface area (Å²) in [7, 11) is 0. The van der Waals surface area contributed by atoms with Crippen molar-refractivity contribution in [2.75, 3.05) is 0 Å². The first-order valence-electron chi connectivity index (χ1n) is 4.85. The van der Waals surface area contributed by atoms with Crippen molar-refractivity contribution >= 4 is 23.1 Å².